The molecule has 2 unspecified atom stereocenters. The maximum Gasteiger partial charge on any atom is 0.307 e. The van der Waals surface area contributed by atoms with E-state index < -0.39 is 17.7 Å². The molecule has 1 saturated heterocycles. The van der Waals surface area contributed by atoms with Crippen LogP contribution in [0.5, 0.6) is 11.5 Å². The average molecular weight is 269 g/mol. The lowest BCUT2D eigenvalue weighted by Crippen LogP contribution is -2.18. The van der Waals surface area contributed by atoms with Gasteiger partial charge in [-0.3, -0.25) is 4.79 Å². The predicted molar refractivity (Wildman–Crippen MR) is 66.0 cm³/mol. The molecular weight excluding hydrogens is 253 g/mol. The molecule has 1 aromatic carbocycles. The lowest BCUT2D eigenvalue weighted by molar-refractivity contribution is -0.141. The summed E-state index contributed by atoms with van der Waals surface area (Å²) in [5, 5.41) is 12.1. The zero-order valence-corrected chi connectivity index (χ0v) is 10.8. The molecule has 6 heteroatoms. The molecule has 1 heterocycles. The van der Waals surface area contributed by atoms with Crippen LogP contribution in [0, 0.1) is 11.7 Å². The minimum absolute atomic E-state index is 0.216. The van der Waals surface area contributed by atoms with Gasteiger partial charge in [-0.2, -0.15) is 0 Å². The summed E-state index contributed by atoms with van der Waals surface area (Å²) in [6.07, 6.45) is 0.424. The Morgan fingerprint density at radius 1 is 1.37 bits per heavy atom. The third-order valence-electron chi connectivity index (χ3n) is 3.34. The minimum atomic E-state index is -0.838. The molecule has 0 radical (unpaired) electrons. The van der Waals surface area contributed by atoms with Gasteiger partial charge < -0.3 is 19.9 Å². The van der Waals surface area contributed by atoms with E-state index in [0.717, 1.165) is 0 Å². The van der Waals surface area contributed by atoms with Crippen LogP contribution < -0.4 is 14.8 Å². The normalized spacial score (nSPS) is 22.3. The number of hydrogen-bond acceptors (Lipinski definition) is 4. The summed E-state index contributed by atoms with van der Waals surface area (Å²) < 4.78 is 23.7. The van der Waals surface area contributed by atoms with Crippen molar-refractivity contribution >= 4 is 5.97 Å². The second-order valence-electron chi connectivity index (χ2n) is 4.46. The van der Waals surface area contributed by atoms with Crippen molar-refractivity contribution in [1.82, 2.24) is 5.32 Å². The maximum absolute atomic E-state index is 13.4. The lowest BCUT2D eigenvalue weighted by atomic mass is 9.98. The lowest BCUT2D eigenvalue weighted by Gasteiger charge is -2.18. The van der Waals surface area contributed by atoms with Gasteiger partial charge >= 0.3 is 5.97 Å². The molecule has 104 valence electrons. The summed E-state index contributed by atoms with van der Waals surface area (Å²) in [7, 11) is 2.89. The molecule has 2 rings (SSSR count). The van der Waals surface area contributed by atoms with Crippen molar-refractivity contribution in [3.63, 3.8) is 0 Å². The molecule has 5 nitrogen and oxygen atoms in total. The standard InChI is InChI=1S/C13H16FNO4/c1-18-10-4-8(14)5-11(19-2)12(10)9-3-7(6-15-9)13(16)17/h4-5,7,9,15H,3,6H2,1-2H3,(H,16,17). The second kappa shape index (κ2) is 5.44. The van der Waals surface area contributed by atoms with Gasteiger partial charge in [0.25, 0.3) is 0 Å². The molecule has 0 aliphatic carbocycles. The summed E-state index contributed by atoms with van der Waals surface area (Å²) in [6, 6.07) is 2.33. The highest BCUT2D eigenvalue weighted by Crippen LogP contribution is 2.40. The number of carboxylic acids is 1. The maximum atomic E-state index is 13.4. The molecular formula is C13H16FNO4. The van der Waals surface area contributed by atoms with Crippen molar-refractivity contribution < 1.29 is 23.8 Å². The zero-order valence-electron chi connectivity index (χ0n) is 10.8. The Hall–Kier alpha value is -1.82. The molecule has 0 saturated carbocycles. The number of nitrogens with one attached hydrogen (secondary N) is 1. The fourth-order valence-electron chi connectivity index (χ4n) is 2.39. The van der Waals surface area contributed by atoms with Crippen molar-refractivity contribution in [2.45, 2.75) is 12.5 Å². The smallest absolute Gasteiger partial charge is 0.307 e. The Morgan fingerprint density at radius 2 is 1.95 bits per heavy atom. The van der Waals surface area contributed by atoms with Crippen LogP contribution in [0.4, 0.5) is 4.39 Å². The number of ether oxygens (including phenoxy) is 2. The average Bonchev–Trinajstić information content (AvgIpc) is 2.86. The summed E-state index contributed by atoms with van der Waals surface area (Å²) in [5.41, 5.74) is 0.662. The van der Waals surface area contributed by atoms with Gasteiger partial charge in [0.15, 0.2) is 0 Å². The fourth-order valence-corrected chi connectivity index (χ4v) is 2.39. The molecule has 1 aliphatic heterocycles. The summed E-state index contributed by atoms with van der Waals surface area (Å²) in [5.74, 6) is -1.02. The fraction of sp³-hybridized carbons (Fsp3) is 0.462. The summed E-state index contributed by atoms with van der Waals surface area (Å²) >= 11 is 0. The highest BCUT2D eigenvalue weighted by atomic mass is 19.1. The number of aliphatic carboxylic acids is 1. The van der Waals surface area contributed by atoms with Gasteiger partial charge in [0, 0.05) is 24.7 Å². The molecule has 0 amide bonds. The largest absolute Gasteiger partial charge is 0.496 e. The van der Waals surface area contributed by atoms with E-state index in [1.54, 1.807) is 0 Å². The highest BCUT2D eigenvalue weighted by Gasteiger charge is 2.33. The number of carboxylic acid groups (broad SMARTS) is 1. The predicted octanol–water partition coefficient (Wildman–Crippen LogP) is 1.58. The first-order valence-corrected chi connectivity index (χ1v) is 5.94. The SMILES string of the molecule is COc1cc(F)cc(OC)c1C1CC(C(=O)O)CN1. The monoisotopic (exact) mass is 269 g/mol. The van der Waals surface area contributed by atoms with E-state index in [1.807, 2.05) is 0 Å². The topological polar surface area (TPSA) is 67.8 Å². The van der Waals surface area contributed by atoms with Crippen molar-refractivity contribution in [1.29, 1.82) is 0 Å². The Kier molecular flexibility index (Phi) is 3.90. The van der Waals surface area contributed by atoms with Crippen LogP contribution in [0.2, 0.25) is 0 Å². The number of rotatable bonds is 4. The van der Waals surface area contributed by atoms with Gasteiger partial charge in [0.2, 0.25) is 0 Å². The summed E-state index contributed by atoms with van der Waals surface area (Å²) in [6.45, 7) is 0.379. The van der Waals surface area contributed by atoms with Crippen molar-refractivity contribution in [3.8, 4) is 11.5 Å². The molecule has 1 aromatic rings. The Bertz CT molecular complexity index is 467. The van der Waals surface area contributed by atoms with Gasteiger partial charge in [0.1, 0.15) is 17.3 Å². The van der Waals surface area contributed by atoms with Crippen LogP contribution in [-0.2, 0) is 4.79 Å². The quantitative estimate of drug-likeness (QED) is 0.868. The Morgan fingerprint density at radius 3 is 2.37 bits per heavy atom. The first-order chi connectivity index (χ1) is 9.06. The molecule has 19 heavy (non-hydrogen) atoms. The van der Waals surface area contributed by atoms with E-state index in [0.29, 0.717) is 30.0 Å². The van der Waals surface area contributed by atoms with Crippen LogP contribution in [0.3, 0.4) is 0 Å². The van der Waals surface area contributed by atoms with Crippen LogP contribution >= 0.6 is 0 Å². The number of benzene rings is 1. The molecule has 0 aromatic heterocycles. The first-order valence-electron chi connectivity index (χ1n) is 5.94. The van der Waals surface area contributed by atoms with Gasteiger partial charge in [0.05, 0.1) is 25.7 Å². The van der Waals surface area contributed by atoms with Crippen LogP contribution in [0.25, 0.3) is 0 Å². The van der Waals surface area contributed by atoms with Crippen molar-refractivity contribution in [2.75, 3.05) is 20.8 Å². The number of halogens is 1. The summed E-state index contributed by atoms with van der Waals surface area (Å²) in [4.78, 5) is 11.0. The van der Waals surface area contributed by atoms with Crippen LogP contribution in [0.15, 0.2) is 12.1 Å². The Balaban J connectivity index is 2.36. The van der Waals surface area contributed by atoms with E-state index in [9.17, 15) is 9.18 Å². The minimum Gasteiger partial charge on any atom is -0.496 e. The highest BCUT2D eigenvalue weighted by molar-refractivity contribution is 5.71. The molecule has 0 bridgehead atoms. The van der Waals surface area contributed by atoms with Gasteiger partial charge in [-0.25, -0.2) is 4.39 Å². The van der Waals surface area contributed by atoms with Crippen LogP contribution in [0.1, 0.15) is 18.0 Å². The van der Waals surface area contributed by atoms with E-state index >= 15 is 0 Å². The number of hydrogen-bond donors (Lipinski definition) is 2. The molecule has 2 atom stereocenters. The van der Waals surface area contributed by atoms with E-state index in [1.165, 1.54) is 26.4 Å². The van der Waals surface area contributed by atoms with Crippen molar-refractivity contribution in [3.05, 3.63) is 23.5 Å². The van der Waals surface area contributed by atoms with E-state index in [4.69, 9.17) is 14.6 Å². The third kappa shape index (κ3) is 2.63. The van der Waals surface area contributed by atoms with Gasteiger partial charge in [-0.15, -0.1) is 0 Å². The Labute approximate surface area is 110 Å². The van der Waals surface area contributed by atoms with Crippen LogP contribution in [-0.4, -0.2) is 31.8 Å². The molecule has 1 aliphatic rings. The van der Waals surface area contributed by atoms with E-state index in [-0.39, 0.29) is 6.04 Å². The van der Waals surface area contributed by atoms with Gasteiger partial charge in [-0.1, -0.05) is 0 Å². The number of carbonyl (C=O) groups is 1. The number of methoxy groups -OCH3 is 2. The molecule has 2 N–H and O–H groups in total. The van der Waals surface area contributed by atoms with Gasteiger partial charge in [-0.05, 0) is 6.42 Å². The first kappa shape index (κ1) is 13.6. The molecule has 0 spiro atoms. The second-order valence-corrected chi connectivity index (χ2v) is 4.46. The zero-order chi connectivity index (χ0) is 14.0. The molecule has 1 fully saturated rings. The third-order valence-corrected chi connectivity index (χ3v) is 3.34. The van der Waals surface area contributed by atoms with E-state index in [2.05, 4.69) is 5.32 Å². The van der Waals surface area contributed by atoms with Crippen molar-refractivity contribution in [2.24, 2.45) is 5.92 Å².